The molecule has 2 aromatic heterocycles. The van der Waals surface area contributed by atoms with Crippen LogP contribution in [0.5, 0.6) is 0 Å². The number of pyridine rings is 2. The van der Waals surface area contributed by atoms with E-state index in [0.717, 1.165) is 22.0 Å². The van der Waals surface area contributed by atoms with E-state index < -0.39 is 16.1 Å². The molecular weight excluding hydrogens is 354 g/mol. The third kappa shape index (κ3) is 4.00. The lowest BCUT2D eigenvalue weighted by Gasteiger charge is -2.18. The highest BCUT2D eigenvalue weighted by molar-refractivity contribution is 7.91. The normalized spacial score (nSPS) is 13.5. The fourth-order valence-corrected chi connectivity index (χ4v) is 3.02. The molecule has 0 fully saturated rings. The Labute approximate surface area is 155 Å². The molecule has 0 saturated carbocycles. The van der Waals surface area contributed by atoms with Crippen LogP contribution in [0.2, 0.25) is 5.02 Å². The average Bonchev–Trinajstić information content (AvgIpc) is 2.59. The molecule has 25 heavy (non-hydrogen) atoms. The zero-order valence-electron chi connectivity index (χ0n) is 14.2. The second-order valence-corrected chi connectivity index (χ2v) is 8.92. The van der Waals surface area contributed by atoms with Crippen molar-refractivity contribution < 1.29 is 4.55 Å². The maximum absolute atomic E-state index is 12.3. The molecule has 0 radical (unpaired) electrons. The summed E-state index contributed by atoms with van der Waals surface area (Å²) in [5.74, 6) is 0. The Morgan fingerprint density at radius 2 is 2.00 bits per heavy atom. The molecule has 0 amide bonds. The molecule has 0 aliphatic carbocycles. The molecule has 0 bridgehead atoms. The van der Waals surface area contributed by atoms with Crippen LogP contribution in [0.15, 0.2) is 53.2 Å². The van der Waals surface area contributed by atoms with Crippen LogP contribution in [0.4, 0.5) is 0 Å². The fourth-order valence-electron chi connectivity index (χ4n) is 2.27. The highest BCUT2D eigenvalue weighted by Gasteiger charge is 2.26. The number of hydrogen-bond donors (Lipinski definition) is 0. The van der Waals surface area contributed by atoms with Crippen molar-refractivity contribution in [2.24, 2.45) is 4.40 Å². The Balaban J connectivity index is 2.17. The van der Waals surface area contributed by atoms with Crippen molar-refractivity contribution >= 4 is 40.1 Å². The van der Waals surface area contributed by atoms with Crippen molar-refractivity contribution in [3.05, 3.63) is 59.4 Å². The molecular formula is C19H18ClN3OS. The lowest BCUT2D eigenvalue weighted by atomic mass is 10.1. The Hall–Kier alpha value is -1.95. The summed E-state index contributed by atoms with van der Waals surface area (Å²) in [5.41, 5.74) is 3.06. The van der Waals surface area contributed by atoms with Crippen molar-refractivity contribution in [1.82, 2.24) is 9.97 Å². The highest BCUT2D eigenvalue weighted by atomic mass is 35.5. The minimum absolute atomic E-state index is 0.418. The van der Waals surface area contributed by atoms with Crippen molar-refractivity contribution in [3.8, 4) is 11.3 Å². The van der Waals surface area contributed by atoms with E-state index in [-0.39, 0.29) is 0 Å². The summed E-state index contributed by atoms with van der Waals surface area (Å²) in [6.45, 7) is 5.67. The zero-order chi connectivity index (χ0) is 18.0. The van der Waals surface area contributed by atoms with Gasteiger partial charge >= 0.3 is 0 Å². The first-order chi connectivity index (χ1) is 11.9. The maximum Gasteiger partial charge on any atom is 0.144 e. The molecule has 1 aromatic carbocycles. The summed E-state index contributed by atoms with van der Waals surface area (Å²) in [6, 6.07) is 11.4. The van der Waals surface area contributed by atoms with Gasteiger partial charge < -0.3 is 4.55 Å². The molecule has 3 rings (SSSR count). The minimum atomic E-state index is -1.34. The van der Waals surface area contributed by atoms with Crippen LogP contribution < -0.4 is 0 Å². The second kappa shape index (κ2) is 7.12. The van der Waals surface area contributed by atoms with Gasteiger partial charge in [-0.2, -0.15) is 0 Å². The van der Waals surface area contributed by atoms with E-state index in [1.54, 1.807) is 18.6 Å². The Morgan fingerprint density at radius 3 is 2.68 bits per heavy atom. The number of benzene rings is 1. The lowest BCUT2D eigenvalue weighted by Crippen LogP contribution is -2.25. The number of para-hydroxylation sites is 1. The van der Waals surface area contributed by atoms with Gasteiger partial charge in [-0.3, -0.25) is 4.98 Å². The Bertz CT molecular complexity index is 923. The van der Waals surface area contributed by atoms with Gasteiger partial charge in [-0.15, -0.1) is 0 Å². The van der Waals surface area contributed by atoms with Gasteiger partial charge in [0.1, 0.15) is 16.1 Å². The van der Waals surface area contributed by atoms with Gasteiger partial charge in [0.05, 0.1) is 22.4 Å². The third-order valence-corrected chi connectivity index (χ3v) is 5.22. The van der Waals surface area contributed by atoms with Gasteiger partial charge in [0.15, 0.2) is 0 Å². The van der Waals surface area contributed by atoms with Crippen LogP contribution in [0.3, 0.4) is 0 Å². The number of nitrogens with zero attached hydrogens (tertiary/aromatic N) is 3. The van der Waals surface area contributed by atoms with Crippen molar-refractivity contribution in [2.75, 3.05) is 0 Å². The van der Waals surface area contributed by atoms with Crippen LogP contribution in [0.1, 0.15) is 26.3 Å². The molecule has 1 atom stereocenters. The number of rotatable bonds is 3. The van der Waals surface area contributed by atoms with E-state index in [1.807, 2.05) is 57.2 Å². The Morgan fingerprint density at radius 1 is 1.20 bits per heavy atom. The van der Waals surface area contributed by atoms with Gasteiger partial charge in [0.25, 0.3) is 0 Å². The van der Waals surface area contributed by atoms with Crippen molar-refractivity contribution in [1.29, 1.82) is 0 Å². The fraction of sp³-hybridized carbons (Fsp3) is 0.211. The highest BCUT2D eigenvalue weighted by Crippen LogP contribution is 2.28. The predicted molar refractivity (Wildman–Crippen MR) is 105 cm³/mol. The zero-order valence-corrected chi connectivity index (χ0v) is 15.8. The summed E-state index contributed by atoms with van der Waals surface area (Å²) >= 11 is 4.96. The molecule has 4 nitrogen and oxygen atoms in total. The number of hydrogen-bond acceptors (Lipinski definition) is 4. The number of aromatic nitrogens is 2. The van der Waals surface area contributed by atoms with E-state index in [9.17, 15) is 4.55 Å². The summed E-state index contributed by atoms with van der Waals surface area (Å²) in [6.07, 6.45) is 5.07. The summed E-state index contributed by atoms with van der Waals surface area (Å²) in [4.78, 5) is 8.88. The van der Waals surface area contributed by atoms with E-state index in [2.05, 4.69) is 9.38 Å². The molecule has 0 N–H and O–H groups in total. The topological polar surface area (TPSA) is 61.2 Å². The SMILES string of the molecule is CC(C)(C)[S+]([O-])/N=C/c1cc2cccc(Cl)c2nc1-c1cccnc1. The molecule has 0 aliphatic heterocycles. The van der Waals surface area contributed by atoms with Crippen LogP contribution >= 0.6 is 11.6 Å². The van der Waals surface area contributed by atoms with E-state index in [0.29, 0.717) is 10.7 Å². The van der Waals surface area contributed by atoms with Crippen LogP contribution in [0.25, 0.3) is 22.2 Å². The number of halogens is 1. The van der Waals surface area contributed by atoms with E-state index in [4.69, 9.17) is 16.6 Å². The lowest BCUT2D eigenvalue weighted by molar-refractivity contribution is 0.562. The first-order valence-corrected chi connectivity index (χ1v) is 9.30. The molecule has 0 aliphatic rings. The second-order valence-electron chi connectivity index (χ2n) is 6.58. The summed E-state index contributed by atoms with van der Waals surface area (Å²) in [5, 5.41) is 1.49. The molecule has 3 aromatic rings. The first kappa shape index (κ1) is 17.9. The van der Waals surface area contributed by atoms with Crippen LogP contribution in [-0.2, 0) is 11.4 Å². The van der Waals surface area contributed by atoms with Crippen LogP contribution in [-0.4, -0.2) is 25.5 Å². The van der Waals surface area contributed by atoms with Gasteiger partial charge in [0, 0.05) is 28.9 Å². The molecule has 128 valence electrons. The Kier molecular flexibility index (Phi) is 5.08. The van der Waals surface area contributed by atoms with E-state index >= 15 is 0 Å². The third-order valence-electron chi connectivity index (χ3n) is 3.57. The van der Waals surface area contributed by atoms with Gasteiger partial charge in [-0.05, 0) is 45.0 Å². The van der Waals surface area contributed by atoms with Crippen LogP contribution in [0, 0.1) is 0 Å². The molecule has 1 unspecified atom stereocenters. The van der Waals surface area contributed by atoms with Crippen molar-refractivity contribution in [3.63, 3.8) is 0 Å². The summed E-state index contributed by atoms with van der Waals surface area (Å²) in [7, 11) is 0. The molecule has 6 heteroatoms. The van der Waals surface area contributed by atoms with Gasteiger partial charge in [0.2, 0.25) is 0 Å². The quantitative estimate of drug-likeness (QED) is 0.489. The largest absolute Gasteiger partial charge is 0.591 e. The van der Waals surface area contributed by atoms with Gasteiger partial charge in [-0.25, -0.2) is 4.98 Å². The minimum Gasteiger partial charge on any atom is -0.591 e. The predicted octanol–water partition coefficient (Wildman–Crippen LogP) is 4.83. The molecule has 2 heterocycles. The van der Waals surface area contributed by atoms with E-state index in [1.165, 1.54) is 0 Å². The number of fused-ring (bicyclic) bond motifs is 1. The molecule has 0 spiro atoms. The van der Waals surface area contributed by atoms with Gasteiger partial charge in [-0.1, -0.05) is 28.1 Å². The first-order valence-electron chi connectivity index (χ1n) is 7.82. The molecule has 0 saturated heterocycles. The maximum atomic E-state index is 12.3. The summed E-state index contributed by atoms with van der Waals surface area (Å²) < 4.78 is 16.1. The smallest absolute Gasteiger partial charge is 0.144 e. The standard InChI is InChI=1S/C19H18ClN3OS/c1-19(2,3)25(24)22-12-15-10-13-6-4-8-16(20)18(13)23-17(15)14-7-5-9-21-11-14/h4-12H,1-3H3/b22-12+. The van der Waals surface area contributed by atoms with Crippen molar-refractivity contribution in [2.45, 2.75) is 25.5 Å². The monoisotopic (exact) mass is 371 g/mol. The average molecular weight is 372 g/mol.